The average Bonchev–Trinajstić information content (AvgIpc) is 3.45. The fourth-order valence-corrected chi connectivity index (χ4v) is 4.33. The third-order valence-corrected chi connectivity index (χ3v) is 6.43. The lowest BCUT2D eigenvalue weighted by atomic mass is 10.1. The van der Waals surface area contributed by atoms with Crippen molar-refractivity contribution in [2.24, 2.45) is 0 Å². The fraction of sp³-hybridized carbons (Fsp3) is 0.393. The van der Waals surface area contributed by atoms with E-state index in [0.29, 0.717) is 11.4 Å². The van der Waals surface area contributed by atoms with Gasteiger partial charge in [-0.2, -0.15) is 5.10 Å². The van der Waals surface area contributed by atoms with Gasteiger partial charge in [-0.05, 0) is 55.9 Å². The molecule has 0 unspecified atom stereocenters. The van der Waals surface area contributed by atoms with Gasteiger partial charge < -0.3 is 14.7 Å². The highest BCUT2D eigenvalue weighted by atomic mass is 32.2. The zero-order valence-electron chi connectivity index (χ0n) is 22.4. The molecule has 0 aliphatic rings. The number of methoxy groups -OCH3 is 1. The minimum Gasteiger partial charge on any atom is -0.507 e. The molecule has 9 heteroatoms. The number of phenols is 1. The van der Waals surface area contributed by atoms with Gasteiger partial charge in [0.15, 0.2) is 0 Å². The van der Waals surface area contributed by atoms with E-state index in [9.17, 15) is 14.7 Å². The number of ether oxygens (including phenoxy) is 1. The van der Waals surface area contributed by atoms with E-state index in [2.05, 4.69) is 22.6 Å². The summed E-state index contributed by atoms with van der Waals surface area (Å²) in [5.74, 6) is -0.715. The maximum absolute atomic E-state index is 13.2. The number of benzene rings is 2. The quantitative estimate of drug-likeness (QED) is 0.332. The third kappa shape index (κ3) is 9.03. The highest BCUT2D eigenvalue weighted by Gasteiger charge is 2.23. The summed E-state index contributed by atoms with van der Waals surface area (Å²) in [6.45, 7) is 8.59. The van der Waals surface area contributed by atoms with E-state index in [4.69, 9.17) is 4.74 Å². The summed E-state index contributed by atoms with van der Waals surface area (Å²) in [5, 5.41) is 14.6. The number of amides is 1. The van der Waals surface area contributed by atoms with Gasteiger partial charge in [-0.1, -0.05) is 44.0 Å². The maximum Gasteiger partial charge on any atom is 0.262 e. The second-order valence-electron chi connectivity index (χ2n) is 8.33. The number of ketones is 1. The Hall–Kier alpha value is -3.14. The zero-order chi connectivity index (χ0) is 27.2. The average molecular weight is 527 g/mol. The number of carbonyl (C=O) groups is 2. The lowest BCUT2D eigenvalue weighted by molar-refractivity contribution is -0.115. The fourth-order valence-electron chi connectivity index (χ4n) is 3.71. The zero-order valence-corrected chi connectivity index (χ0v) is 23.2. The second-order valence-corrected chi connectivity index (χ2v) is 9.21. The molecule has 0 aliphatic carbocycles. The van der Waals surface area contributed by atoms with Crippen LogP contribution in [0.2, 0.25) is 0 Å². The van der Waals surface area contributed by atoms with Crippen molar-refractivity contribution < 1.29 is 19.4 Å². The Bertz CT molecular complexity index is 1120. The van der Waals surface area contributed by atoms with Crippen LogP contribution in [-0.2, 0) is 16.0 Å². The van der Waals surface area contributed by atoms with Gasteiger partial charge in [-0.15, -0.1) is 0 Å². The van der Waals surface area contributed by atoms with Crippen molar-refractivity contribution in [1.82, 2.24) is 14.1 Å². The monoisotopic (exact) mass is 526 g/mol. The highest BCUT2D eigenvalue weighted by Crippen LogP contribution is 2.27. The largest absolute Gasteiger partial charge is 0.507 e. The Balaban J connectivity index is 0.000000410. The topological polar surface area (TPSA) is 87.9 Å². The molecule has 1 N–H and O–H groups in total. The molecule has 2 aromatic carbocycles. The summed E-state index contributed by atoms with van der Waals surface area (Å²) in [4.78, 5) is 26.4. The molecule has 0 spiro atoms. The molecule has 0 atom stereocenters. The van der Waals surface area contributed by atoms with E-state index in [1.807, 2.05) is 31.2 Å². The number of Topliss-reactive ketones (excluding diaryl/α,β-unsaturated/α-hetero) is 1. The van der Waals surface area contributed by atoms with E-state index in [1.54, 1.807) is 54.3 Å². The Morgan fingerprint density at radius 3 is 2.43 bits per heavy atom. The SMILES string of the molecule is CCCN(CCOC)SC.CCc1ccccc1N(CC(C)=O)C(=O)c1ccc(-n2cccn2)cc1O. The van der Waals surface area contributed by atoms with E-state index in [1.165, 1.54) is 24.3 Å². The number of phenolic OH excluding ortho intramolecular Hbond substituents is 1. The van der Waals surface area contributed by atoms with Crippen LogP contribution in [0.4, 0.5) is 5.69 Å². The lowest BCUT2D eigenvalue weighted by Gasteiger charge is -2.24. The van der Waals surface area contributed by atoms with Crippen molar-refractivity contribution >= 4 is 29.3 Å². The number of aromatic nitrogens is 2. The van der Waals surface area contributed by atoms with Crippen LogP contribution in [0, 0.1) is 0 Å². The molecular weight excluding hydrogens is 488 g/mol. The molecule has 200 valence electrons. The Morgan fingerprint density at radius 2 is 1.86 bits per heavy atom. The van der Waals surface area contributed by atoms with Crippen molar-refractivity contribution in [3.05, 3.63) is 72.1 Å². The molecule has 0 fully saturated rings. The van der Waals surface area contributed by atoms with Crippen LogP contribution in [0.3, 0.4) is 0 Å². The number of para-hydroxylation sites is 1. The Labute approximate surface area is 224 Å². The molecule has 1 heterocycles. The summed E-state index contributed by atoms with van der Waals surface area (Å²) in [5.41, 5.74) is 2.41. The molecule has 0 saturated carbocycles. The Morgan fingerprint density at radius 1 is 1.11 bits per heavy atom. The van der Waals surface area contributed by atoms with Gasteiger partial charge in [0.2, 0.25) is 0 Å². The van der Waals surface area contributed by atoms with E-state index in [0.717, 1.165) is 31.7 Å². The molecule has 1 amide bonds. The van der Waals surface area contributed by atoms with Gasteiger partial charge in [-0.3, -0.25) is 9.59 Å². The molecule has 8 nitrogen and oxygen atoms in total. The second kappa shape index (κ2) is 15.9. The van der Waals surface area contributed by atoms with Crippen molar-refractivity contribution in [1.29, 1.82) is 0 Å². The number of carbonyl (C=O) groups excluding carboxylic acids is 2. The first kappa shape index (κ1) is 30.1. The van der Waals surface area contributed by atoms with Gasteiger partial charge in [0.1, 0.15) is 11.5 Å². The molecule has 0 saturated heterocycles. The van der Waals surface area contributed by atoms with E-state index in [-0.39, 0.29) is 23.6 Å². The van der Waals surface area contributed by atoms with Crippen molar-refractivity contribution in [3.63, 3.8) is 0 Å². The van der Waals surface area contributed by atoms with Gasteiger partial charge in [-0.25, -0.2) is 8.99 Å². The maximum atomic E-state index is 13.2. The minimum absolute atomic E-state index is 0.0593. The Kier molecular flexibility index (Phi) is 12.9. The molecule has 3 aromatic rings. The smallest absolute Gasteiger partial charge is 0.262 e. The number of hydrogen-bond donors (Lipinski definition) is 1. The van der Waals surface area contributed by atoms with E-state index < -0.39 is 5.91 Å². The molecular formula is C28H38N4O4S. The normalized spacial score (nSPS) is 10.6. The van der Waals surface area contributed by atoms with Gasteiger partial charge >= 0.3 is 0 Å². The van der Waals surface area contributed by atoms with Crippen LogP contribution in [0.25, 0.3) is 5.69 Å². The van der Waals surface area contributed by atoms with E-state index >= 15 is 0 Å². The number of hydrogen-bond acceptors (Lipinski definition) is 7. The summed E-state index contributed by atoms with van der Waals surface area (Å²) >= 11 is 1.79. The molecule has 0 bridgehead atoms. The lowest BCUT2D eigenvalue weighted by Crippen LogP contribution is -2.35. The van der Waals surface area contributed by atoms with Crippen LogP contribution in [0.1, 0.15) is 43.1 Å². The number of aryl methyl sites for hydroxylation is 1. The number of nitrogens with zero attached hydrogens (tertiary/aromatic N) is 4. The van der Waals surface area contributed by atoms with Crippen molar-refractivity contribution in [3.8, 4) is 11.4 Å². The van der Waals surface area contributed by atoms with Crippen LogP contribution in [0.5, 0.6) is 5.75 Å². The summed E-state index contributed by atoms with van der Waals surface area (Å²) in [6.07, 6.45) is 7.42. The summed E-state index contributed by atoms with van der Waals surface area (Å²) < 4.78 is 8.87. The minimum atomic E-state index is -0.421. The number of rotatable bonds is 12. The van der Waals surface area contributed by atoms with Crippen LogP contribution < -0.4 is 4.90 Å². The summed E-state index contributed by atoms with van der Waals surface area (Å²) in [7, 11) is 1.74. The standard InChI is InChI=1S/C21H21N3O3.C7H17NOS/c1-3-16-7-4-5-8-19(16)23(14-15(2)25)21(27)18-10-9-17(13-20(18)26)24-12-6-11-22-24;1-4-5-8(10-3)6-7-9-2/h4-13,26H,3,14H2,1-2H3;4-7H2,1-3H3. The first-order valence-corrected chi connectivity index (χ1v) is 13.5. The first-order valence-electron chi connectivity index (χ1n) is 12.4. The number of anilines is 1. The third-order valence-electron chi connectivity index (χ3n) is 5.55. The summed E-state index contributed by atoms with van der Waals surface area (Å²) in [6, 6.07) is 14.0. The molecule has 0 radical (unpaired) electrons. The van der Waals surface area contributed by atoms with Crippen molar-refractivity contribution in [2.75, 3.05) is 44.5 Å². The van der Waals surface area contributed by atoms with Crippen LogP contribution in [0.15, 0.2) is 60.9 Å². The molecule has 37 heavy (non-hydrogen) atoms. The number of aromatic hydroxyl groups is 1. The molecule has 3 rings (SSSR count). The van der Waals surface area contributed by atoms with Gasteiger partial charge in [0, 0.05) is 44.3 Å². The predicted octanol–water partition coefficient (Wildman–Crippen LogP) is 5.00. The van der Waals surface area contributed by atoms with Crippen LogP contribution in [-0.4, -0.2) is 70.5 Å². The van der Waals surface area contributed by atoms with Gasteiger partial charge in [0.25, 0.3) is 5.91 Å². The van der Waals surface area contributed by atoms with Crippen LogP contribution >= 0.6 is 11.9 Å². The van der Waals surface area contributed by atoms with Gasteiger partial charge in [0.05, 0.1) is 24.4 Å². The predicted molar refractivity (Wildman–Crippen MR) is 151 cm³/mol. The molecule has 1 aromatic heterocycles. The molecule has 0 aliphatic heterocycles. The van der Waals surface area contributed by atoms with Crippen molar-refractivity contribution in [2.45, 2.75) is 33.6 Å². The highest BCUT2D eigenvalue weighted by molar-refractivity contribution is 7.96. The first-order chi connectivity index (χ1) is 17.9.